The Balaban J connectivity index is 1.81. The lowest BCUT2D eigenvalue weighted by Crippen LogP contribution is -2.40. The number of piperidine rings is 1. The van der Waals surface area contributed by atoms with Gasteiger partial charge < -0.3 is 14.9 Å². The summed E-state index contributed by atoms with van der Waals surface area (Å²) in [5, 5.41) is 9.45. The van der Waals surface area contributed by atoms with Gasteiger partial charge in [-0.25, -0.2) is 0 Å². The molecule has 1 aliphatic rings. The summed E-state index contributed by atoms with van der Waals surface area (Å²) < 4.78 is 0. The number of carbonyl (C=O) groups excluding carboxylic acids is 1. The van der Waals surface area contributed by atoms with Gasteiger partial charge in [0, 0.05) is 39.3 Å². The fraction of sp³-hybridized carbons (Fsp3) is 0.562. The summed E-state index contributed by atoms with van der Waals surface area (Å²) in [5.41, 5.74) is 2.37. The third-order valence-electron chi connectivity index (χ3n) is 3.90. The van der Waals surface area contributed by atoms with Crippen molar-refractivity contribution < 1.29 is 9.90 Å². The molecule has 1 fully saturated rings. The first-order valence-electron chi connectivity index (χ1n) is 7.28. The van der Waals surface area contributed by atoms with Crippen molar-refractivity contribution in [3.8, 4) is 0 Å². The second-order valence-corrected chi connectivity index (χ2v) is 5.67. The van der Waals surface area contributed by atoms with E-state index in [4.69, 9.17) is 0 Å². The maximum Gasteiger partial charge on any atom is 0.222 e. The predicted octanol–water partition coefficient (Wildman–Crippen LogP) is 1.67. The molecule has 0 aromatic heterocycles. The molecule has 1 amide bonds. The molecule has 4 nitrogen and oxygen atoms in total. The predicted molar refractivity (Wildman–Crippen MR) is 80.9 cm³/mol. The summed E-state index contributed by atoms with van der Waals surface area (Å²) in [6, 6.07) is 8.33. The monoisotopic (exact) mass is 276 g/mol. The Morgan fingerprint density at radius 2 is 1.85 bits per heavy atom. The molecule has 1 aromatic carbocycles. The number of carbonyl (C=O) groups is 1. The van der Waals surface area contributed by atoms with Gasteiger partial charge in [-0.15, -0.1) is 0 Å². The molecule has 0 unspecified atom stereocenters. The molecule has 20 heavy (non-hydrogen) atoms. The number of aryl methyl sites for hydroxylation is 1. The van der Waals surface area contributed by atoms with E-state index in [0.29, 0.717) is 32.4 Å². The first kappa shape index (κ1) is 14.9. The lowest BCUT2D eigenvalue weighted by Gasteiger charge is -2.29. The lowest BCUT2D eigenvalue weighted by atomic mass is 10.1. The van der Waals surface area contributed by atoms with E-state index in [2.05, 4.69) is 29.2 Å². The minimum Gasteiger partial charge on any atom is -0.393 e. The molecule has 1 N–H and O–H groups in total. The van der Waals surface area contributed by atoms with Gasteiger partial charge in [0.2, 0.25) is 5.91 Å². The zero-order chi connectivity index (χ0) is 14.5. The highest BCUT2D eigenvalue weighted by Crippen LogP contribution is 2.15. The number of benzene rings is 1. The van der Waals surface area contributed by atoms with Crippen LogP contribution >= 0.6 is 0 Å². The molecule has 2 rings (SSSR count). The Hall–Kier alpha value is -1.55. The van der Waals surface area contributed by atoms with E-state index in [0.717, 1.165) is 6.42 Å². The van der Waals surface area contributed by atoms with E-state index in [1.54, 1.807) is 0 Å². The quantitative estimate of drug-likeness (QED) is 0.910. The summed E-state index contributed by atoms with van der Waals surface area (Å²) in [5.74, 6) is 0.202. The number of hydrogen-bond acceptors (Lipinski definition) is 3. The van der Waals surface area contributed by atoms with Crippen LogP contribution < -0.4 is 4.90 Å². The van der Waals surface area contributed by atoms with Crippen molar-refractivity contribution in [2.45, 2.75) is 31.8 Å². The lowest BCUT2D eigenvalue weighted by molar-refractivity contribution is -0.133. The van der Waals surface area contributed by atoms with Crippen LogP contribution in [0.4, 0.5) is 5.69 Å². The van der Waals surface area contributed by atoms with E-state index in [1.807, 2.05) is 19.0 Å². The van der Waals surface area contributed by atoms with Crippen LogP contribution in [0.2, 0.25) is 0 Å². The van der Waals surface area contributed by atoms with Crippen LogP contribution in [0.5, 0.6) is 0 Å². The molecule has 0 radical (unpaired) electrons. The molecule has 0 atom stereocenters. The van der Waals surface area contributed by atoms with Gasteiger partial charge >= 0.3 is 0 Å². The van der Waals surface area contributed by atoms with Crippen molar-refractivity contribution in [3.63, 3.8) is 0 Å². The summed E-state index contributed by atoms with van der Waals surface area (Å²) in [6.45, 7) is 1.39. The second-order valence-electron chi connectivity index (χ2n) is 5.67. The van der Waals surface area contributed by atoms with Gasteiger partial charge in [-0.1, -0.05) is 12.1 Å². The minimum absolute atomic E-state index is 0.202. The normalized spacial score (nSPS) is 16.2. The van der Waals surface area contributed by atoms with Gasteiger partial charge in [-0.3, -0.25) is 4.79 Å². The van der Waals surface area contributed by atoms with Crippen LogP contribution in [0.25, 0.3) is 0 Å². The molecular weight excluding hydrogens is 252 g/mol. The standard InChI is InChI=1S/C16H24N2O2/c1-17(2)14-6-3-13(4-7-14)5-8-16(20)18-11-9-15(19)10-12-18/h3-4,6-7,15,19H,5,8-12H2,1-2H3. The molecule has 0 spiro atoms. The average Bonchev–Trinajstić information content (AvgIpc) is 2.46. The van der Waals surface area contributed by atoms with Gasteiger partial charge in [-0.2, -0.15) is 0 Å². The topological polar surface area (TPSA) is 43.8 Å². The summed E-state index contributed by atoms with van der Waals surface area (Å²) >= 11 is 0. The number of aliphatic hydroxyl groups excluding tert-OH is 1. The van der Waals surface area contributed by atoms with Gasteiger partial charge in [-0.05, 0) is 37.0 Å². The number of hydrogen-bond donors (Lipinski definition) is 1. The fourth-order valence-electron chi connectivity index (χ4n) is 2.49. The van der Waals surface area contributed by atoms with Crippen molar-refractivity contribution in [3.05, 3.63) is 29.8 Å². The van der Waals surface area contributed by atoms with Crippen molar-refractivity contribution in [1.29, 1.82) is 0 Å². The molecule has 1 aromatic rings. The Bertz CT molecular complexity index is 434. The van der Waals surface area contributed by atoms with Crippen molar-refractivity contribution in [2.24, 2.45) is 0 Å². The summed E-state index contributed by atoms with van der Waals surface area (Å²) in [6.07, 6.45) is 2.54. The van der Waals surface area contributed by atoms with Crippen LogP contribution in [0.1, 0.15) is 24.8 Å². The maximum atomic E-state index is 12.1. The highest BCUT2D eigenvalue weighted by molar-refractivity contribution is 5.76. The van der Waals surface area contributed by atoms with Crippen LogP contribution in [0.15, 0.2) is 24.3 Å². The van der Waals surface area contributed by atoms with E-state index >= 15 is 0 Å². The number of rotatable bonds is 4. The average molecular weight is 276 g/mol. The fourth-order valence-corrected chi connectivity index (χ4v) is 2.49. The zero-order valence-corrected chi connectivity index (χ0v) is 12.4. The van der Waals surface area contributed by atoms with Crippen LogP contribution in [-0.2, 0) is 11.2 Å². The summed E-state index contributed by atoms with van der Waals surface area (Å²) in [4.78, 5) is 16.0. The SMILES string of the molecule is CN(C)c1ccc(CCC(=O)N2CCC(O)CC2)cc1. The number of nitrogens with zero attached hydrogens (tertiary/aromatic N) is 2. The second kappa shape index (κ2) is 6.75. The highest BCUT2D eigenvalue weighted by Gasteiger charge is 2.20. The molecule has 110 valence electrons. The van der Waals surface area contributed by atoms with Crippen molar-refractivity contribution in [2.75, 3.05) is 32.1 Å². The number of amides is 1. The minimum atomic E-state index is -0.224. The zero-order valence-electron chi connectivity index (χ0n) is 12.4. The Kier molecular flexibility index (Phi) is 5.01. The molecule has 0 bridgehead atoms. The third-order valence-corrected chi connectivity index (χ3v) is 3.90. The van der Waals surface area contributed by atoms with Crippen molar-refractivity contribution >= 4 is 11.6 Å². The van der Waals surface area contributed by atoms with Gasteiger partial charge in [0.05, 0.1) is 6.10 Å². The highest BCUT2D eigenvalue weighted by atomic mass is 16.3. The molecule has 0 aliphatic carbocycles. The number of aliphatic hydroxyl groups is 1. The number of likely N-dealkylation sites (tertiary alicyclic amines) is 1. The van der Waals surface area contributed by atoms with E-state index < -0.39 is 0 Å². The first-order valence-corrected chi connectivity index (χ1v) is 7.28. The van der Waals surface area contributed by atoms with Gasteiger partial charge in [0.15, 0.2) is 0 Å². The van der Waals surface area contributed by atoms with Crippen LogP contribution in [0, 0.1) is 0 Å². The largest absolute Gasteiger partial charge is 0.393 e. The molecule has 0 saturated carbocycles. The van der Waals surface area contributed by atoms with Crippen molar-refractivity contribution in [1.82, 2.24) is 4.90 Å². The smallest absolute Gasteiger partial charge is 0.222 e. The maximum absolute atomic E-state index is 12.1. The molecule has 4 heteroatoms. The van der Waals surface area contributed by atoms with Gasteiger partial charge in [0.1, 0.15) is 0 Å². The first-order chi connectivity index (χ1) is 9.56. The van der Waals surface area contributed by atoms with Crippen LogP contribution in [0.3, 0.4) is 0 Å². The summed E-state index contributed by atoms with van der Waals surface area (Å²) in [7, 11) is 4.03. The molecule has 1 heterocycles. The Morgan fingerprint density at radius 1 is 1.25 bits per heavy atom. The molecule has 1 saturated heterocycles. The molecule has 1 aliphatic heterocycles. The van der Waals surface area contributed by atoms with Crippen LogP contribution in [-0.4, -0.2) is 49.2 Å². The molecular formula is C16H24N2O2. The number of anilines is 1. The Labute approximate surface area is 121 Å². The third kappa shape index (κ3) is 3.97. The van der Waals surface area contributed by atoms with E-state index in [9.17, 15) is 9.90 Å². The van der Waals surface area contributed by atoms with E-state index in [1.165, 1.54) is 11.3 Å². The van der Waals surface area contributed by atoms with Gasteiger partial charge in [0.25, 0.3) is 0 Å². The Morgan fingerprint density at radius 3 is 2.40 bits per heavy atom. The van der Waals surface area contributed by atoms with E-state index in [-0.39, 0.29) is 12.0 Å².